The van der Waals surface area contributed by atoms with Crippen LogP contribution in [0.2, 0.25) is 0 Å². The summed E-state index contributed by atoms with van der Waals surface area (Å²) < 4.78 is 10.8. The second-order valence-electron chi connectivity index (χ2n) is 8.03. The van der Waals surface area contributed by atoms with Crippen molar-refractivity contribution in [2.75, 3.05) is 46.3 Å². The molecule has 7 heteroatoms. The first-order valence-corrected chi connectivity index (χ1v) is 10.6. The number of likely N-dealkylation sites (tertiary alicyclic amines) is 1. The fourth-order valence-corrected chi connectivity index (χ4v) is 4.08. The number of rotatable bonds is 6. The number of nitrogens with zero attached hydrogens (tertiary/aromatic N) is 4. The molecule has 1 aliphatic rings. The molecule has 1 fully saturated rings. The summed E-state index contributed by atoms with van der Waals surface area (Å²) in [6, 6.07) is 15.3. The summed E-state index contributed by atoms with van der Waals surface area (Å²) in [5.41, 5.74) is 3.50. The van der Waals surface area contributed by atoms with E-state index in [1.54, 1.807) is 14.2 Å². The molecule has 2 aromatic carbocycles. The monoisotopic (exact) mass is 432 g/mol. The molecule has 1 amide bonds. The molecular weight excluding hydrogens is 404 g/mol. The largest absolute Gasteiger partial charge is 0.497 e. The Bertz CT molecular complexity index is 1120. The highest BCUT2D eigenvalue weighted by molar-refractivity contribution is 5.97. The van der Waals surface area contributed by atoms with E-state index in [2.05, 4.69) is 4.98 Å². The molecule has 0 spiro atoms. The molecule has 1 aliphatic heterocycles. The second-order valence-corrected chi connectivity index (χ2v) is 8.03. The summed E-state index contributed by atoms with van der Waals surface area (Å²) in [4.78, 5) is 26.4. The molecular formula is C25H28N4O3. The third kappa shape index (κ3) is 4.23. The van der Waals surface area contributed by atoms with Crippen molar-refractivity contribution in [1.29, 1.82) is 0 Å². The first-order chi connectivity index (χ1) is 15.5. The van der Waals surface area contributed by atoms with Crippen LogP contribution in [-0.2, 0) is 0 Å². The molecule has 166 valence electrons. The Morgan fingerprint density at radius 2 is 1.91 bits per heavy atom. The zero-order valence-electron chi connectivity index (χ0n) is 18.9. The molecule has 1 saturated heterocycles. The fraction of sp³-hybridized carbons (Fsp3) is 0.320. The third-order valence-electron chi connectivity index (χ3n) is 5.79. The van der Waals surface area contributed by atoms with Crippen molar-refractivity contribution in [3.8, 4) is 22.6 Å². The van der Waals surface area contributed by atoms with Gasteiger partial charge in [-0.2, -0.15) is 0 Å². The molecule has 0 saturated carbocycles. The number of anilines is 1. The van der Waals surface area contributed by atoms with Crippen LogP contribution < -0.4 is 14.4 Å². The average molecular weight is 433 g/mol. The zero-order valence-corrected chi connectivity index (χ0v) is 18.9. The van der Waals surface area contributed by atoms with E-state index in [0.29, 0.717) is 30.4 Å². The van der Waals surface area contributed by atoms with Crippen molar-refractivity contribution in [2.45, 2.75) is 12.3 Å². The Morgan fingerprint density at radius 3 is 2.66 bits per heavy atom. The van der Waals surface area contributed by atoms with Gasteiger partial charge in [0, 0.05) is 44.9 Å². The molecule has 7 nitrogen and oxygen atoms in total. The first-order valence-electron chi connectivity index (χ1n) is 10.6. The average Bonchev–Trinajstić information content (AvgIpc) is 3.33. The van der Waals surface area contributed by atoms with Crippen LogP contribution in [0.25, 0.3) is 11.1 Å². The van der Waals surface area contributed by atoms with E-state index >= 15 is 0 Å². The van der Waals surface area contributed by atoms with E-state index in [0.717, 1.165) is 29.0 Å². The molecule has 0 unspecified atom stereocenters. The van der Waals surface area contributed by atoms with E-state index in [4.69, 9.17) is 14.5 Å². The summed E-state index contributed by atoms with van der Waals surface area (Å²) in [7, 11) is 7.10. The Kier molecular flexibility index (Phi) is 6.25. The van der Waals surface area contributed by atoms with Gasteiger partial charge in [0.25, 0.3) is 5.91 Å². The number of carbonyl (C=O) groups excluding carboxylic acids is 1. The lowest BCUT2D eigenvalue weighted by Crippen LogP contribution is -2.29. The number of amides is 1. The van der Waals surface area contributed by atoms with Crippen LogP contribution >= 0.6 is 0 Å². The lowest BCUT2D eigenvalue weighted by molar-refractivity contribution is 0.0787. The minimum Gasteiger partial charge on any atom is -0.497 e. The van der Waals surface area contributed by atoms with Gasteiger partial charge in [0.1, 0.15) is 11.5 Å². The number of ether oxygens (including phenoxy) is 2. The maximum atomic E-state index is 13.2. The Hall–Kier alpha value is -3.61. The molecule has 1 aromatic heterocycles. The summed E-state index contributed by atoms with van der Waals surface area (Å²) in [5, 5.41) is 0. The number of hydrogen-bond donors (Lipinski definition) is 0. The molecule has 4 rings (SSSR count). The Balaban J connectivity index is 1.67. The van der Waals surface area contributed by atoms with Crippen molar-refractivity contribution in [2.24, 2.45) is 0 Å². The van der Waals surface area contributed by atoms with Gasteiger partial charge in [0.2, 0.25) is 5.95 Å². The van der Waals surface area contributed by atoms with E-state index in [-0.39, 0.29) is 11.8 Å². The molecule has 0 bridgehead atoms. The maximum absolute atomic E-state index is 13.2. The minimum absolute atomic E-state index is 0.0187. The normalized spacial score (nSPS) is 15.5. The highest BCUT2D eigenvalue weighted by atomic mass is 16.5. The molecule has 3 aromatic rings. The number of hydrogen-bond acceptors (Lipinski definition) is 6. The predicted molar refractivity (Wildman–Crippen MR) is 125 cm³/mol. The van der Waals surface area contributed by atoms with Crippen molar-refractivity contribution in [3.05, 3.63) is 66.0 Å². The zero-order chi connectivity index (χ0) is 22.7. The summed E-state index contributed by atoms with van der Waals surface area (Å²) in [6.07, 6.45) is 2.71. The van der Waals surface area contributed by atoms with Crippen LogP contribution in [0.1, 0.15) is 28.4 Å². The quantitative estimate of drug-likeness (QED) is 0.589. The van der Waals surface area contributed by atoms with Crippen LogP contribution in [0.4, 0.5) is 5.95 Å². The topological polar surface area (TPSA) is 67.8 Å². The smallest absolute Gasteiger partial charge is 0.257 e. The van der Waals surface area contributed by atoms with Gasteiger partial charge in [-0.25, -0.2) is 9.97 Å². The van der Waals surface area contributed by atoms with Crippen LogP contribution in [-0.4, -0.2) is 62.2 Å². The molecule has 0 aliphatic carbocycles. The van der Waals surface area contributed by atoms with Gasteiger partial charge in [-0.15, -0.1) is 0 Å². The van der Waals surface area contributed by atoms with Gasteiger partial charge in [-0.05, 0) is 36.2 Å². The molecule has 1 atom stereocenters. The van der Waals surface area contributed by atoms with E-state index in [1.807, 2.05) is 78.6 Å². The number of benzene rings is 2. The second kappa shape index (κ2) is 9.26. The van der Waals surface area contributed by atoms with E-state index in [9.17, 15) is 4.79 Å². The van der Waals surface area contributed by atoms with Gasteiger partial charge >= 0.3 is 0 Å². The number of aromatic nitrogens is 2. The Morgan fingerprint density at radius 1 is 1.09 bits per heavy atom. The fourth-order valence-electron chi connectivity index (χ4n) is 4.08. The summed E-state index contributed by atoms with van der Waals surface area (Å²) in [6.45, 7) is 1.26. The highest BCUT2D eigenvalue weighted by Crippen LogP contribution is 2.36. The standard InChI is InChI=1S/C25H28N4O3/c1-28(2)25-26-15-21(17-8-7-9-19(14-17)31-3)23(27-25)18-12-13-29(16-18)24(30)20-10-5-6-11-22(20)32-4/h5-11,14-15,18H,12-13,16H2,1-4H3/t18-/m1/s1. The van der Waals surface area contributed by atoms with Gasteiger partial charge in [0.05, 0.1) is 25.5 Å². The number of carbonyl (C=O) groups is 1. The van der Waals surface area contributed by atoms with Gasteiger partial charge in [-0.1, -0.05) is 24.3 Å². The van der Waals surface area contributed by atoms with Gasteiger partial charge in [-0.3, -0.25) is 4.79 Å². The van der Waals surface area contributed by atoms with E-state index in [1.165, 1.54) is 0 Å². The van der Waals surface area contributed by atoms with Crippen LogP contribution in [0.15, 0.2) is 54.7 Å². The minimum atomic E-state index is -0.0187. The third-order valence-corrected chi connectivity index (χ3v) is 5.79. The van der Waals surface area contributed by atoms with Gasteiger partial charge in [0.15, 0.2) is 0 Å². The van der Waals surface area contributed by atoms with E-state index < -0.39 is 0 Å². The lowest BCUT2D eigenvalue weighted by atomic mass is 9.96. The van der Waals surface area contributed by atoms with Crippen molar-refractivity contribution in [3.63, 3.8) is 0 Å². The van der Waals surface area contributed by atoms with Crippen LogP contribution in [0.3, 0.4) is 0 Å². The molecule has 0 N–H and O–H groups in total. The first kappa shape index (κ1) is 21.6. The summed E-state index contributed by atoms with van der Waals surface area (Å²) >= 11 is 0. The summed E-state index contributed by atoms with van der Waals surface area (Å²) in [5.74, 6) is 2.12. The Labute approximate surface area is 188 Å². The molecule has 32 heavy (non-hydrogen) atoms. The van der Waals surface area contributed by atoms with Crippen molar-refractivity contribution >= 4 is 11.9 Å². The van der Waals surface area contributed by atoms with Crippen LogP contribution in [0, 0.1) is 0 Å². The molecule has 0 radical (unpaired) electrons. The number of methoxy groups -OCH3 is 2. The molecule has 2 heterocycles. The predicted octanol–water partition coefficient (Wildman–Crippen LogP) is 3.86. The number of para-hydroxylation sites is 1. The van der Waals surface area contributed by atoms with Crippen LogP contribution in [0.5, 0.6) is 11.5 Å². The van der Waals surface area contributed by atoms with Gasteiger partial charge < -0.3 is 19.3 Å². The SMILES string of the molecule is COc1cccc(-c2cnc(N(C)C)nc2[C@@H]2CCN(C(=O)c3ccccc3OC)C2)c1. The lowest BCUT2D eigenvalue weighted by Gasteiger charge is -2.20. The van der Waals surface area contributed by atoms with Crippen molar-refractivity contribution in [1.82, 2.24) is 14.9 Å². The highest BCUT2D eigenvalue weighted by Gasteiger charge is 2.32. The maximum Gasteiger partial charge on any atom is 0.257 e. The van der Waals surface area contributed by atoms with Crippen molar-refractivity contribution < 1.29 is 14.3 Å².